The minimum atomic E-state index is -0.353. The average molecular weight is 297 g/mol. The van der Waals surface area contributed by atoms with Crippen LogP contribution in [0.5, 0.6) is 0 Å². The van der Waals surface area contributed by atoms with Gasteiger partial charge in [0.1, 0.15) is 5.82 Å². The molecule has 0 aliphatic heterocycles. The van der Waals surface area contributed by atoms with Crippen molar-refractivity contribution in [2.75, 3.05) is 12.3 Å². The van der Waals surface area contributed by atoms with Gasteiger partial charge in [0.2, 0.25) is 0 Å². The van der Waals surface area contributed by atoms with Crippen LogP contribution in [0.2, 0.25) is 0 Å². The maximum Gasteiger partial charge on any atom is 0.125 e. The normalized spacial score (nSPS) is 10.9. The molecule has 0 aliphatic rings. The van der Waals surface area contributed by atoms with Gasteiger partial charge in [0.05, 0.1) is 18.9 Å². The average Bonchev–Trinajstić information content (AvgIpc) is 2.47. The molecule has 3 heteroatoms. The Kier molecular flexibility index (Phi) is 5.19. The van der Waals surface area contributed by atoms with Gasteiger partial charge in [-0.25, -0.2) is 4.39 Å². The predicted octanol–water partition coefficient (Wildman–Crippen LogP) is 4.00. The molecule has 0 amide bonds. The summed E-state index contributed by atoms with van der Waals surface area (Å²) in [4.78, 5) is 0. The first-order valence-electron chi connectivity index (χ1n) is 7.16. The van der Waals surface area contributed by atoms with E-state index in [4.69, 9.17) is 10.5 Å². The number of hydrogen-bond acceptors (Lipinski definition) is 2. The molecular formula is C19H20FNO. The zero-order valence-electron chi connectivity index (χ0n) is 12.9. The van der Waals surface area contributed by atoms with Crippen molar-refractivity contribution in [1.29, 1.82) is 0 Å². The van der Waals surface area contributed by atoms with Gasteiger partial charge in [-0.3, -0.25) is 0 Å². The van der Waals surface area contributed by atoms with Crippen LogP contribution in [0.15, 0.2) is 48.5 Å². The van der Waals surface area contributed by atoms with E-state index in [1.807, 2.05) is 44.2 Å². The molecule has 0 aliphatic carbocycles. The van der Waals surface area contributed by atoms with Crippen LogP contribution in [0.1, 0.15) is 25.0 Å². The Labute approximate surface area is 131 Å². The van der Waals surface area contributed by atoms with E-state index in [1.54, 1.807) is 6.07 Å². The minimum Gasteiger partial charge on any atom is -0.398 e. The lowest BCUT2D eigenvalue weighted by Crippen LogP contribution is -2.17. The van der Waals surface area contributed by atoms with Crippen LogP contribution >= 0.6 is 0 Å². The van der Waals surface area contributed by atoms with Gasteiger partial charge in [-0.2, -0.15) is 0 Å². The van der Waals surface area contributed by atoms with Gasteiger partial charge in [0, 0.05) is 11.0 Å². The SMILES string of the molecule is CC(C)(C#Cc1ccc(F)cc1N)COCc1ccccc1. The number of rotatable bonds is 4. The Morgan fingerprint density at radius 3 is 2.55 bits per heavy atom. The molecule has 0 spiro atoms. The molecule has 2 N–H and O–H groups in total. The first-order chi connectivity index (χ1) is 10.5. The van der Waals surface area contributed by atoms with Crippen LogP contribution in [0, 0.1) is 23.1 Å². The number of anilines is 1. The van der Waals surface area contributed by atoms with E-state index in [0.717, 1.165) is 5.56 Å². The maximum atomic E-state index is 13.0. The van der Waals surface area contributed by atoms with Gasteiger partial charge in [-0.1, -0.05) is 42.2 Å². The fourth-order valence-corrected chi connectivity index (χ4v) is 1.92. The first-order valence-corrected chi connectivity index (χ1v) is 7.16. The molecule has 2 nitrogen and oxygen atoms in total. The first kappa shape index (κ1) is 16.1. The van der Waals surface area contributed by atoms with Crippen LogP contribution in [0.25, 0.3) is 0 Å². The third-order valence-corrected chi connectivity index (χ3v) is 3.12. The molecule has 22 heavy (non-hydrogen) atoms. The molecule has 2 aromatic carbocycles. The fraction of sp³-hybridized carbons (Fsp3) is 0.263. The molecule has 0 saturated carbocycles. The van der Waals surface area contributed by atoms with Crippen molar-refractivity contribution in [2.24, 2.45) is 5.41 Å². The Morgan fingerprint density at radius 2 is 1.86 bits per heavy atom. The predicted molar refractivity (Wildman–Crippen MR) is 87.6 cm³/mol. The smallest absolute Gasteiger partial charge is 0.125 e. The highest BCUT2D eigenvalue weighted by Crippen LogP contribution is 2.17. The highest BCUT2D eigenvalue weighted by molar-refractivity contribution is 5.56. The lowest BCUT2D eigenvalue weighted by Gasteiger charge is -2.17. The molecule has 2 aromatic rings. The van der Waals surface area contributed by atoms with Crippen LogP contribution in [-0.2, 0) is 11.3 Å². The van der Waals surface area contributed by atoms with Crippen molar-refractivity contribution in [3.63, 3.8) is 0 Å². The van der Waals surface area contributed by atoms with Gasteiger partial charge in [-0.15, -0.1) is 0 Å². The number of hydrogen-bond donors (Lipinski definition) is 1. The second-order valence-electron chi connectivity index (χ2n) is 5.84. The number of ether oxygens (including phenoxy) is 1. The summed E-state index contributed by atoms with van der Waals surface area (Å²) < 4.78 is 18.7. The van der Waals surface area contributed by atoms with E-state index in [1.165, 1.54) is 12.1 Å². The summed E-state index contributed by atoms with van der Waals surface area (Å²) in [7, 11) is 0. The molecule has 0 aromatic heterocycles. The van der Waals surface area contributed by atoms with E-state index < -0.39 is 0 Å². The van der Waals surface area contributed by atoms with Crippen molar-refractivity contribution in [1.82, 2.24) is 0 Å². The topological polar surface area (TPSA) is 35.2 Å². The number of nitrogens with two attached hydrogens (primary N) is 1. The Balaban J connectivity index is 1.95. The molecule has 2 rings (SSSR count). The van der Waals surface area contributed by atoms with Gasteiger partial charge in [-0.05, 0) is 37.6 Å². The third-order valence-electron chi connectivity index (χ3n) is 3.12. The summed E-state index contributed by atoms with van der Waals surface area (Å²) in [6, 6.07) is 14.2. The van der Waals surface area contributed by atoms with E-state index in [2.05, 4.69) is 11.8 Å². The summed E-state index contributed by atoms with van der Waals surface area (Å²) in [5.74, 6) is 5.80. The van der Waals surface area contributed by atoms with E-state index in [0.29, 0.717) is 24.5 Å². The standard InChI is InChI=1S/C19H20FNO/c1-19(2,14-22-13-15-6-4-3-5-7-15)11-10-16-8-9-17(20)12-18(16)21/h3-9,12H,13-14,21H2,1-2H3. The lowest BCUT2D eigenvalue weighted by molar-refractivity contribution is 0.0753. The van der Waals surface area contributed by atoms with Gasteiger partial charge in [0.25, 0.3) is 0 Å². The van der Waals surface area contributed by atoms with Crippen LogP contribution < -0.4 is 5.73 Å². The molecular weight excluding hydrogens is 277 g/mol. The molecule has 0 atom stereocenters. The van der Waals surface area contributed by atoms with E-state index in [-0.39, 0.29) is 11.2 Å². The molecule has 0 unspecified atom stereocenters. The van der Waals surface area contributed by atoms with Gasteiger partial charge in [0.15, 0.2) is 0 Å². The number of nitrogen functional groups attached to an aromatic ring is 1. The Bertz CT molecular complexity index is 684. The second kappa shape index (κ2) is 7.11. The van der Waals surface area contributed by atoms with Crippen molar-refractivity contribution in [3.8, 4) is 11.8 Å². The molecule has 114 valence electrons. The summed E-state index contributed by atoms with van der Waals surface area (Å²) >= 11 is 0. The molecule has 0 heterocycles. The maximum absolute atomic E-state index is 13.0. The van der Waals surface area contributed by atoms with E-state index >= 15 is 0 Å². The fourth-order valence-electron chi connectivity index (χ4n) is 1.92. The zero-order chi connectivity index (χ0) is 16.0. The molecule has 0 fully saturated rings. The summed E-state index contributed by atoms with van der Waals surface area (Å²) in [5, 5.41) is 0. The van der Waals surface area contributed by atoms with Gasteiger partial charge >= 0.3 is 0 Å². The Morgan fingerprint density at radius 1 is 1.14 bits per heavy atom. The quantitative estimate of drug-likeness (QED) is 0.684. The van der Waals surface area contributed by atoms with Gasteiger partial charge < -0.3 is 10.5 Å². The summed E-state index contributed by atoms with van der Waals surface area (Å²) in [5.41, 5.74) is 7.57. The van der Waals surface area contributed by atoms with Crippen LogP contribution in [0.3, 0.4) is 0 Å². The highest BCUT2D eigenvalue weighted by Gasteiger charge is 2.14. The van der Waals surface area contributed by atoms with Crippen molar-refractivity contribution < 1.29 is 9.13 Å². The van der Waals surface area contributed by atoms with E-state index in [9.17, 15) is 4.39 Å². The molecule has 0 radical (unpaired) electrons. The monoisotopic (exact) mass is 297 g/mol. The molecule has 0 saturated heterocycles. The number of halogens is 1. The summed E-state index contributed by atoms with van der Waals surface area (Å²) in [6.07, 6.45) is 0. The largest absolute Gasteiger partial charge is 0.398 e. The minimum absolute atomic E-state index is 0.310. The summed E-state index contributed by atoms with van der Waals surface area (Å²) in [6.45, 7) is 5.08. The highest BCUT2D eigenvalue weighted by atomic mass is 19.1. The van der Waals surface area contributed by atoms with Crippen molar-refractivity contribution >= 4 is 5.69 Å². The molecule has 0 bridgehead atoms. The lowest BCUT2D eigenvalue weighted by atomic mass is 9.95. The zero-order valence-corrected chi connectivity index (χ0v) is 12.9. The third kappa shape index (κ3) is 4.91. The number of benzene rings is 2. The van der Waals surface area contributed by atoms with Crippen LogP contribution in [-0.4, -0.2) is 6.61 Å². The van der Waals surface area contributed by atoms with Crippen molar-refractivity contribution in [3.05, 3.63) is 65.5 Å². The van der Waals surface area contributed by atoms with Crippen LogP contribution in [0.4, 0.5) is 10.1 Å². The van der Waals surface area contributed by atoms with Crippen molar-refractivity contribution in [2.45, 2.75) is 20.5 Å². The Hall–Kier alpha value is -2.31. The second-order valence-corrected chi connectivity index (χ2v) is 5.84.